The lowest BCUT2D eigenvalue weighted by Crippen LogP contribution is -2.08. The third kappa shape index (κ3) is 3.62. The van der Waals surface area contributed by atoms with Gasteiger partial charge < -0.3 is 13.7 Å². The van der Waals surface area contributed by atoms with E-state index in [1.165, 1.54) is 13.3 Å². The maximum Gasteiger partial charge on any atom is 0.419 e. The molecule has 0 fully saturated rings. The molecular formula is C13H12F3N5O3. The van der Waals surface area contributed by atoms with Gasteiger partial charge in [0.05, 0.1) is 5.56 Å². The molecule has 3 heterocycles. The number of aromatic amines is 1. The average molecular weight is 343 g/mol. The Morgan fingerprint density at radius 3 is 2.83 bits per heavy atom. The van der Waals surface area contributed by atoms with Crippen molar-refractivity contribution in [1.82, 2.24) is 25.3 Å². The van der Waals surface area contributed by atoms with Crippen LogP contribution in [0.5, 0.6) is 0 Å². The Morgan fingerprint density at radius 1 is 1.29 bits per heavy atom. The van der Waals surface area contributed by atoms with Crippen LogP contribution < -0.4 is 0 Å². The highest BCUT2D eigenvalue weighted by molar-refractivity contribution is 5.32. The molecule has 11 heteroatoms. The third-order valence-electron chi connectivity index (χ3n) is 3.18. The summed E-state index contributed by atoms with van der Waals surface area (Å²) in [7, 11) is 0. The highest BCUT2D eigenvalue weighted by atomic mass is 19.4. The van der Waals surface area contributed by atoms with Crippen molar-refractivity contribution in [3.05, 3.63) is 47.0 Å². The van der Waals surface area contributed by atoms with Gasteiger partial charge in [0.15, 0.2) is 5.82 Å². The monoisotopic (exact) mass is 343 g/mol. The first-order valence-electron chi connectivity index (χ1n) is 6.81. The second-order valence-corrected chi connectivity index (χ2v) is 4.89. The van der Waals surface area contributed by atoms with Gasteiger partial charge in [0.25, 0.3) is 5.89 Å². The fraction of sp³-hybridized carbons (Fsp3) is 0.385. The number of nitrogens with zero attached hydrogens (tertiary/aromatic N) is 4. The second kappa shape index (κ2) is 6.43. The van der Waals surface area contributed by atoms with Gasteiger partial charge in [0.1, 0.15) is 37.4 Å². The van der Waals surface area contributed by atoms with Gasteiger partial charge in [-0.25, -0.2) is 4.98 Å². The van der Waals surface area contributed by atoms with Gasteiger partial charge in [0, 0.05) is 12.0 Å². The van der Waals surface area contributed by atoms with Crippen LogP contribution in [-0.2, 0) is 30.5 Å². The average Bonchev–Trinajstić information content (AvgIpc) is 3.22. The summed E-state index contributed by atoms with van der Waals surface area (Å²) in [5.74, 6) is 0.955. The quantitative estimate of drug-likeness (QED) is 0.733. The van der Waals surface area contributed by atoms with Crippen LogP contribution in [0.2, 0.25) is 0 Å². The molecule has 0 saturated carbocycles. The lowest BCUT2D eigenvalue weighted by Gasteiger charge is -2.05. The van der Waals surface area contributed by atoms with Crippen molar-refractivity contribution >= 4 is 0 Å². The van der Waals surface area contributed by atoms with Gasteiger partial charge in [-0.3, -0.25) is 5.10 Å². The number of aromatic nitrogens is 5. The number of rotatable bonds is 6. The molecule has 0 radical (unpaired) electrons. The first-order valence-corrected chi connectivity index (χ1v) is 6.81. The van der Waals surface area contributed by atoms with Crippen molar-refractivity contribution in [2.24, 2.45) is 0 Å². The molecule has 0 aliphatic carbocycles. The minimum atomic E-state index is -4.50. The molecule has 0 spiro atoms. The molecular weight excluding hydrogens is 331 g/mol. The Balaban J connectivity index is 1.63. The topological polar surface area (TPSA) is 103 Å². The fourth-order valence-electron chi connectivity index (χ4n) is 2.05. The lowest BCUT2D eigenvalue weighted by molar-refractivity contribution is -0.138. The van der Waals surface area contributed by atoms with E-state index >= 15 is 0 Å². The summed E-state index contributed by atoms with van der Waals surface area (Å²) in [4.78, 5) is 7.88. The summed E-state index contributed by atoms with van der Waals surface area (Å²) in [6.45, 7) is 1.62. The molecule has 1 N–H and O–H groups in total. The van der Waals surface area contributed by atoms with Crippen LogP contribution in [0.4, 0.5) is 13.2 Å². The molecule has 0 atom stereocenters. The molecule has 0 unspecified atom stereocenters. The largest absolute Gasteiger partial charge is 0.469 e. The van der Waals surface area contributed by atoms with E-state index in [-0.39, 0.29) is 42.7 Å². The maximum absolute atomic E-state index is 12.9. The van der Waals surface area contributed by atoms with Gasteiger partial charge in [0.2, 0.25) is 0 Å². The van der Waals surface area contributed by atoms with Crippen LogP contribution in [0.1, 0.15) is 34.4 Å². The SMILES string of the molecule is Cc1occ(C(F)(F)F)c1Cc1noc(COCc2ncn[nH]2)n1. The zero-order valence-electron chi connectivity index (χ0n) is 12.4. The lowest BCUT2D eigenvalue weighted by atomic mass is 10.1. The number of aryl methyl sites for hydroxylation is 1. The number of nitrogens with one attached hydrogen (secondary N) is 1. The molecule has 8 nitrogen and oxygen atoms in total. The predicted molar refractivity (Wildman–Crippen MR) is 70.4 cm³/mol. The Kier molecular flexibility index (Phi) is 4.34. The van der Waals surface area contributed by atoms with Crippen LogP contribution in [0.3, 0.4) is 0 Å². The van der Waals surface area contributed by atoms with Crippen LogP contribution >= 0.6 is 0 Å². The third-order valence-corrected chi connectivity index (χ3v) is 3.18. The normalized spacial score (nSPS) is 12.0. The summed E-state index contributed by atoms with van der Waals surface area (Å²) >= 11 is 0. The first-order chi connectivity index (χ1) is 11.4. The second-order valence-electron chi connectivity index (χ2n) is 4.89. The maximum atomic E-state index is 12.9. The summed E-state index contributed by atoms with van der Waals surface area (Å²) < 4.78 is 53.8. The number of H-pyrrole nitrogens is 1. The minimum Gasteiger partial charge on any atom is -0.469 e. The van der Waals surface area contributed by atoms with E-state index in [4.69, 9.17) is 13.7 Å². The van der Waals surface area contributed by atoms with E-state index in [0.717, 1.165) is 0 Å². The Bertz CT molecular complexity index is 794. The molecule has 0 saturated heterocycles. The minimum absolute atomic E-state index is 0.00416. The van der Waals surface area contributed by atoms with Crippen molar-refractivity contribution in [2.75, 3.05) is 0 Å². The van der Waals surface area contributed by atoms with Gasteiger partial charge in [-0.15, -0.1) is 0 Å². The summed E-state index contributed by atoms with van der Waals surface area (Å²) in [6.07, 6.45) is -2.62. The first kappa shape index (κ1) is 16.2. The number of hydrogen-bond donors (Lipinski definition) is 1. The molecule has 3 rings (SSSR count). The van der Waals surface area contributed by atoms with Gasteiger partial charge >= 0.3 is 6.18 Å². The number of alkyl halides is 3. The number of furan rings is 1. The molecule has 0 aromatic carbocycles. The van der Waals surface area contributed by atoms with Crippen molar-refractivity contribution < 1.29 is 26.8 Å². The molecule has 0 bridgehead atoms. The van der Waals surface area contributed by atoms with E-state index in [1.54, 1.807) is 0 Å². The molecule has 128 valence electrons. The Hall–Kier alpha value is -2.69. The Morgan fingerprint density at radius 2 is 2.12 bits per heavy atom. The molecule has 0 aliphatic rings. The van der Waals surface area contributed by atoms with E-state index in [1.807, 2.05) is 0 Å². The van der Waals surface area contributed by atoms with Crippen molar-refractivity contribution in [3.8, 4) is 0 Å². The van der Waals surface area contributed by atoms with Gasteiger partial charge in [-0.05, 0) is 6.92 Å². The molecule has 24 heavy (non-hydrogen) atoms. The highest BCUT2D eigenvalue weighted by Gasteiger charge is 2.36. The van der Waals surface area contributed by atoms with Crippen LogP contribution in [0.15, 0.2) is 21.5 Å². The number of hydrogen-bond acceptors (Lipinski definition) is 7. The van der Waals surface area contributed by atoms with Crippen LogP contribution in [0, 0.1) is 6.92 Å². The standard InChI is InChI=1S/C13H12F3N5O3/c1-7-8(9(3-23-7)13(14,15)16)2-10-19-12(24-21-10)5-22-4-11-17-6-18-20-11/h3,6H,2,4-5H2,1H3,(H,17,18,20). The Labute approximate surface area is 133 Å². The molecule has 0 aliphatic heterocycles. The van der Waals surface area contributed by atoms with Gasteiger partial charge in [-0.2, -0.15) is 23.3 Å². The fourth-order valence-corrected chi connectivity index (χ4v) is 2.05. The van der Waals surface area contributed by atoms with E-state index in [2.05, 4.69) is 25.3 Å². The van der Waals surface area contributed by atoms with Crippen LogP contribution in [0.25, 0.3) is 0 Å². The molecule has 3 aromatic heterocycles. The zero-order valence-corrected chi connectivity index (χ0v) is 12.4. The zero-order chi connectivity index (χ0) is 17.2. The van der Waals surface area contributed by atoms with Crippen LogP contribution in [-0.4, -0.2) is 25.3 Å². The smallest absolute Gasteiger partial charge is 0.419 e. The summed E-state index contributed by atoms with van der Waals surface area (Å²) in [6, 6.07) is 0. The van der Waals surface area contributed by atoms with Crippen molar-refractivity contribution in [3.63, 3.8) is 0 Å². The van der Waals surface area contributed by atoms with E-state index in [0.29, 0.717) is 12.1 Å². The molecule has 0 amide bonds. The van der Waals surface area contributed by atoms with E-state index in [9.17, 15) is 13.2 Å². The summed E-state index contributed by atoms with van der Waals surface area (Å²) in [5.41, 5.74) is -0.856. The highest BCUT2D eigenvalue weighted by Crippen LogP contribution is 2.35. The predicted octanol–water partition coefficient (Wildman–Crippen LogP) is 2.42. The van der Waals surface area contributed by atoms with Gasteiger partial charge in [-0.1, -0.05) is 5.16 Å². The van der Waals surface area contributed by atoms with Crippen molar-refractivity contribution in [2.45, 2.75) is 32.7 Å². The number of ether oxygens (including phenoxy) is 1. The molecule has 3 aromatic rings. The van der Waals surface area contributed by atoms with E-state index < -0.39 is 11.7 Å². The van der Waals surface area contributed by atoms with Crippen molar-refractivity contribution in [1.29, 1.82) is 0 Å². The summed E-state index contributed by atoms with van der Waals surface area (Å²) in [5, 5.41) is 9.94. The number of halogens is 3.